The van der Waals surface area contributed by atoms with Gasteiger partial charge in [-0.05, 0) is 37.7 Å². The number of carbonyl (C=O) groups excluding carboxylic acids is 1. The SMILES string of the molecule is C=C1C=C2[C@]3(O)[C@H](O)[C@@]4(CO)O[C@H]4C4C[C@@](O)([C@@H]5OC(O)(c6ccccc6)O[C@@]24[C@@H]5C)[C@](C)(O)C[C@@H](C)CCCCCC[C@H](C)C(=O)O[C@@H]13. The molecule has 0 amide bonds. The summed E-state index contributed by atoms with van der Waals surface area (Å²) in [5.41, 5.74) is -9.17. The molecule has 0 aromatic heterocycles. The van der Waals surface area contributed by atoms with Gasteiger partial charge in [-0.25, -0.2) is 0 Å². The molecule has 2 saturated carbocycles. The highest BCUT2D eigenvalue weighted by atomic mass is 16.8. The fourth-order valence-electron chi connectivity index (χ4n) is 10.2. The second kappa shape index (κ2) is 11.7. The molecule has 8 rings (SSSR count). The van der Waals surface area contributed by atoms with Crippen LogP contribution in [0.25, 0.3) is 0 Å². The summed E-state index contributed by atoms with van der Waals surface area (Å²) in [6.45, 7) is 10.6. The maximum Gasteiger partial charge on any atom is 0.310 e. The van der Waals surface area contributed by atoms with Crippen LogP contribution in [0.4, 0.5) is 0 Å². The maximum absolute atomic E-state index is 13.6. The van der Waals surface area contributed by atoms with Crippen molar-refractivity contribution >= 4 is 5.97 Å². The van der Waals surface area contributed by atoms with Crippen molar-refractivity contribution in [3.8, 4) is 0 Å². The lowest BCUT2D eigenvalue weighted by atomic mass is 9.53. The molecule has 6 fully saturated rings. The average Bonchev–Trinajstić information content (AvgIpc) is 3.75. The Hall–Kier alpha value is -2.19. The summed E-state index contributed by atoms with van der Waals surface area (Å²) in [6.07, 6.45) is 0.922. The molecular formula is C38H52O11. The van der Waals surface area contributed by atoms with Crippen molar-refractivity contribution in [1.29, 1.82) is 0 Å². The zero-order valence-corrected chi connectivity index (χ0v) is 28.9. The molecule has 3 aliphatic carbocycles. The summed E-state index contributed by atoms with van der Waals surface area (Å²) >= 11 is 0. The van der Waals surface area contributed by atoms with Crippen molar-refractivity contribution < 1.29 is 54.4 Å². The monoisotopic (exact) mass is 684 g/mol. The Labute approximate surface area is 287 Å². The van der Waals surface area contributed by atoms with E-state index in [4.69, 9.17) is 18.9 Å². The minimum atomic E-state index is -2.51. The van der Waals surface area contributed by atoms with Crippen LogP contribution in [0.5, 0.6) is 0 Å². The molecule has 4 saturated heterocycles. The number of ether oxygens (including phenoxy) is 4. The number of aliphatic hydroxyl groups is 6. The van der Waals surface area contributed by atoms with Crippen LogP contribution < -0.4 is 0 Å². The van der Waals surface area contributed by atoms with Crippen molar-refractivity contribution in [2.24, 2.45) is 23.7 Å². The molecule has 6 N–H and O–H groups in total. The van der Waals surface area contributed by atoms with Crippen molar-refractivity contribution in [1.82, 2.24) is 0 Å². The van der Waals surface area contributed by atoms with Crippen LogP contribution in [0.15, 0.2) is 54.1 Å². The van der Waals surface area contributed by atoms with Crippen LogP contribution in [0, 0.1) is 23.7 Å². The van der Waals surface area contributed by atoms with Gasteiger partial charge in [0.25, 0.3) is 0 Å². The summed E-state index contributed by atoms with van der Waals surface area (Å²) in [4.78, 5) is 13.6. The summed E-state index contributed by atoms with van der Waals surface area (Å²) in [7, 11) is 0. The van der Waals surface area contributed by atoms with Crippen LogP contribution in [-0.4, -0.2) is 95.6 Å². The second-order valence-corrected chi connectivity index (χ2v) is 16.2. The van der Waals surface area contributed by atoms with E-state index in [1.54, 1.807) is 57.2 Å². The summed E-state index contributed by atoms with van der Waals surface area (Å²) < 4.78 is 25.5. The molecule has 4 heterocycles. The van der Waals surface area contributed by atoms with Gasteiger partial charge < -0.3 is 49.6 Å². The standard InChI is InChI=1S/C38H52O11/c1-21-13-9-6-7-10-14-22(2)31(40)46-28-23(3)17-27-36(28,44)32(41)34(20-39)30(47-34)26-19-35(43,33(5,42)18-21)29-24(4)37(26,27)49-38(45,48-29)25-15-11-8-12-16-25/h8,11-12,15-17,21-22,24,26,28-30,32,39,41-45H,3,6-7,9-10,13-14,18-20H2,1-2,4-5H3/t21-,22-,24+,26?,28-,29+,30-,32+,33+,34-,35+,36+,37+,38?/m0/s1. The van der Waals surface area contributed by atoms with Gasteiger partial charge >= 0.3 is 11.9 Å². The third-order valence-electron chi connectivity index (χ3n) is 13.0. The zero-order valence-electron chi connectivity index (χ0n) is 28.9. The largest absolute Gasteiger partial charge is 0.454 e. The molecule has 1 aromatic carbocycles. The van der Waals surface area contributed by atoms with Gasteiger partial charge in [0.05, 0.1) is 24.2 Å². The average molecular weight is 685 g/mol. The van der Waals surface area contributed by atoms with Gasteiger partial charge in [-0.1, -0.05) is 95.9 Å². The highest BCUT2D eigenvalue weighted by Gasteiger charge is 2.85. The Kier molecular flexibility index (Phi) is 8.38. The number of carbonyl (C=O) groups is 1. The summed E-state index contributed by atoms with van der Waals surface area (Å²) in [5.74, 6) is -5.40. The smallest absolute Gasteiger partial charge is 0.310 e. The highest BCUT2D eigenvalue weighted by molar-refractivity contribution is 5.73. The first-order valence-electron chi connectivity index (χ1n) is 17.9. The van der Waals surface area contributed by atoms with E-state index in [9.17, 15) is 35.4 Å². The van der Waals surface area contributed by atoms with E-state index < -0.39 is 88.7 Å². The first-order chi connectivity index (χ1) is 23.0. The van der Waals surface area contributed by atoms with Crippen LogP contribution in [0.2, 0.25) is 0 Å². The molecule has 11 heteroatoms. The quantitative estimate of drug-likeness (QED) is 0.199. The van der Waals surface area contributed by atoms with Crippen LogP contribution in [-0.2, 0) is 29.7 Å². The normalized spacial score (nSPS) is 51.5. The molecule has 270 valence electrons. The topological polar surface area (TPSA) is 179 Å². The maximum atomic E-state index is 13.6. The number of fused-ring (bicyclic) bond motifs is 12. The summed E-state index contributed by atoms with van der Waals surface area (Å²) in [6, 6.07) is 8.37. The Morgan fingerprint density at radius 1 is 0.918 bits per heavy atom. The Morgan fingerprint density at radius 3 is 2.27 bits per heavy atom. The first kappa shape index (κ1) is 35.2. The minimum absolute atomic E-state index is 0.0150. The molecular weight excluding hydrogens is 632 g/mol. The van der Waals surface area contributed by atoms with Crippen molar-refractivity contribution in [2.45, 2.75) is 137 Å². The van der Waals surface area contributed by atoms with Gasteiger partial charge in [-0.3, -0.25) is 4.79 Å². The van der Waals surface area contributed by atoms with E-state index in [2.05, 4.69) is 6.58 Å². The molecule has 1 aromatic rings. The highest BCUT2D eigenvalue weighted by Crippen LogP contribution is 2.70. The molecule has 4 aliphatic heterocycles. The molecule has 11 nitrogen and oxygen atoms in total. The first-order valence-corrected chi connectivity index (χ1v) is 17.9. The van der Waals surface area contributed by atoms with E-state index in [1.165, 1.54) is 0 Å². The summed E-state index contributed by atoms with van der Waals surface area (Å²) in [5, 5.41) is 73.9. The van der Waals surface area contributed by atoms with Gasteiger partial charge in [-0.2, -0.15) is 0 Å². The molecule has 7 aliphatic rings. The molecule has 1 spiro atoms. The fourth-order valence-corrected chi connectivity index (χ4v) is 10.2. The number of epoxide rings is 1. The van der Waals surface area contributed by atoms with Gasteiger partial charge in [0, 0.05) is 23.0 Å². The van der Waals surface area contributed by atoms with Gasteiger partial charge in [-0.15, -0.1) is 0 Å². The van der Waals surface area contributed by atoms with Crippen LogP contribution >= 0.6 is 0 Å². The lowest BCUT2D eigenvalue weighted by Crippen LogP contribution is -2.78. The molecule has 7 bridgehead atoms. The van der Waals surface area contributed by atoms with Crippen LogP contribution in [0.3, 0.4) is 0 Å². The third-order valence-corrected chi connectivity index (χ3v) is 13.0. The number of benzene rings is 1. The van der Waals surface area contributed by atoms with Gasteiger partial charge in [0.2, 0.25) is 0 Å². The molecule has 2 unspecified atom stereocenters. The van der Waals surface area contributed by atoms with Gasteiger partial charge in [0.15, 0.2) is 11.7 Å². The zero-order chi connectivity index (χ0) is 35.4. The van der Waals surface area contributed by atoms with Crippen molar-refractivity contribution in [2.75, 3.05) is 6.61 Å². The van der Waals surface area contributed by atoms with E-state index in [-0.39, 0.29) is 35.5 Å². The predicted molar refractivity (Wildman–Crippen MR) is 175 cm³/mol. The lowest BCUT2D eigenvalue weighted by Gasteiger charge is -2.66. The number of hydrogen-bond donors (Lipinski definition) is 6. The van der Waals surface area contributed by atoms with Crippen LogP contribution in [0.1, 0.15) is 84.6 Å². The fraction of sp³-hybridized carbons (Fsp3) is 0.711. The molecule has 0 radical (unpaired) electrons. The van der Waals surface area contributed by atoms with E-state index >= 15 is 0 Å². The number of esters is 1. The Morgan fingerprint density at radius 2 is 1.59 bits per heavy atom. The number of hydrogen-bond acceptors (Lipinski definition) is 11. The predicted octanol–water partition coefficient (Wildman–Crippen LogP) is 2.74. The van der Waals surface area contributed by atoms with Gasteiger partial charge in [0.1, 0.15) is 29.0 Å². The second-order valence-electron chi connectivity index (χ2n) is 16.2. The van der Waals surface area contributed by atoms with E-state index in [0.29, 0.717) is 6.42 Å². The van der Waals surface area contributed by atoms with Crippen molar-refractivity contribution in [3.63, 3.8) is 0 Å². The lowest BCUT2D eigenvalue weighted by molar-refractivity contribution is -0.498. The van der Waals surface area contributed by atoms with E-state index in [0.717, 1.165) is 32.1 Å². The minimum Gasteiger partial charge on any atom is -0.454 e. The molecule has 14 atom stereocenters. The Bertz CT molecular complexity index is 1510. The molecule has 49 heavy (non-hydrogen) atoms. The third kappa shape index (κ3) is 4.84. The number of aliphatic hydroxyl groups excluding tert-OH is 2. The van der Waals surface area contributed by atoms with Crippen molar-refractivity contribution in [3.05, 3.63) is 59.7 Å². The number of rotatable bonds is 2. The van der Waals surface area contributed by atoms with E-state index in [1.807, 2.05) is 6.92 Å². The Balaban J connectivity index is 1.47.